The first-order valence-electron chi connectivity index (χ1n) is 14.7. The first-order valence-corrected chi connectivity index (χ1v) is 16.0. The SMILES string of the molecule is N=C(N)c1ccc(CNC(=O)[C@H](CCc2ccccc2)NC(=O)C(COCc2ccccc2)NS(=O)Cc2ccccc2)cc1. The highest BCUT2D eigenvalue weighted by Gasteiger charge is 2.27. The number of hydrogen-bond acceptors (Lipinski definition) is 5. The van der Waals surface area contributed by atoms with Gasteiger partial charge in [0.1, 0.15) is 17.9 Å². The van der Waals surface area contributed by atoms with E-state index in [9.17, 15) is 13.8 Å². The second-order valence-corrected chi connectivity index (χ2v) is 11.8. The minimum absolute atomic E-state index is 0.0325. The smallest absolute Gasteiger partial charge is 0.242 e. The van der Waals surface area contributed by atoms with Crippen LogP contribution < -0.4 is 21.1 Å². The second-order valence-electron chi connectivity index (χ2n) is 10.6. The number of carbonyl (C=O) groups excluding carboxylic acids is 2. The molecule has 4 rings (SSSR count). The van der Waals surface area contributed by atoms with E-state index in [0.29, 0.717) is 18.4 Å². The maximum absolute atomic E-state index is 13.7. The van der Waals surface area contributed by atoms with Crippen LogP contribution in [0.15, 0.2) is 115 Å². The average molecular weight is 626 g/mol. The number of amides is 2. The average Bonchev–Trinajstić information content (AvgIpc) is 3.06. The quantitative estimate of drug-likeness (QED) is 0.0897. The monoisotopic (exact) mass is 625 g/mol. The van der Waals surface area contributed by atoms with Crippen LogP contribution in [0.2, 0.25) is 0 Å². The molecule has 0 saturated heterocycles. The Kier molecular flexibility index (Phi) is 13.0. The van der Waals surface area contributed by atoms with Crippen LogP contribution in [0.25, 0.3) is 0 Å². The van der Waals surface area contributed by atoms with Crippen LogP contribution in [0.5, 0.6) is 0 Å². The van der Waals surface area contributed by atoms with Crippen molar-refractivity contribution in [2.75, 3.05) is 6.61 Å². The highest BCUT2D eigenvalue weighted by atomic mass is 32.2. The van der Waals surface area contributed by atoms with Gasteiger partial charge in [-0.2, -0.15) is 0 Å². The number of nitrogens with one attached hydrogen (secondary N) is 4. The normalized spacial score (nSPS) is 12.9. The van der Waals surface area contributed by atoms with Gasteiger partial charge < -0.3 is 21.1 Å². The Balaban J connectivity index is 1.45. The van der Waals surface area contributed by atoms with Crippen molar-refractivity contribution in [2.24, 2.45) is 5.73 Å². The summed E-state index contributed by atoms with van der Waals surface area (Å²) < 4.78 is 21.9. The minimum atomic E-state index is -1.58. The summed E-state index contributed by atoms with van der Waals surface area (Å²) in [5.74, 6) is -0.647. The number of benzene rings is 4. The number of aryl methyl sites for hydroxylation is 1. The zero-order valence-electron chi connectivity index (χ0n) is 25.0. The van der Waals surface area contributed by atoms with Gasteiger partial charge in [-0.25, -0.2) is 8.93 Å². The lowest BCUT2D eigenvalue weighted by atomic mass is 10.0. The van der Waals surface area contributed by atoms with E-state index in [1.54, 1.807) is 24.3 Å². The molecule has 0 aliphatic carbocycles. The number of hydrogen-bond donors (Lipinski definition) is 5. The van der Waals surface area contributed by atoms with Gasteiger partial charge in [-0.15, -0.1) is 0 Å². The van der Waals surface area contributed by atoms with Crippen molar-refractivity contribution in [2.45, 2.75) is 43.8 Å². The molecule has 0 heterocycles. The van der Waals surface area contributed by atoms with Crippen molar-refractivity contribution in [3.8, 4) is 0 Å². The standard InChI is InChI=1S/C35H39N5O4S/c36-33(37)30-19-16-27(17-20-30)22-38-34(41)31(21-18-26-10-4-1-5-11-26)39-35(42)32(24-44-23-28-12-6-2-7-13-28)40-45(43)25-29-14-8-3-9-15-29/h1-17,19-20,31-32,40H,18,21-25H2,(H3,36,37)(H,38,41)(H,39,42)/t31-,32?,45?/m0/s1. The van der Waals surface area contributed by atoms with Crippen molar-refractivity contribution in [1.82, 2.24) is 15.4 Å². The largest absolute Gasteiger partial charge is 0.384 e. The molecule has 9 nitrogen and oxygen atoms in total. The van der Waals surface area contributed by atoms with Gasteiger partial charge in [0, 0.05) is 12.1 Å². The van der Waals surface area contributed by atoms with Crippen LogP contribution >= 0.6 is 0 Å². The third kappa shape index (κ3) is 11.4. The van der Waals surface area contributed by atoms with Crippen LogP contribution in [0.4, 0.5) is 0 Å². The van der Waals surface area contributed by atoms with Crippen molar-refractivity contribution in [3.05, 3.63) is 143 Å². The first-order chi connectivity index (χ1) is 21.9. The molecule has 10 heteroatoms. The zero-order valence-corrected chi connectivity index (χ0v) is 25.8. The van der Waals surface area contributed by atoms with E-state index in [1.165, 1.54) is 0 Å². The van der Waals surface area contributed by atoms with Crippen LogP contribution in [-0.4, -0.2) is 40.5 Å². The molecule has 0 spiro atoms. The van der Waals surface area contributed by atoms with Crippen LogP contribution in [0, 0.1) is 5.41 Å². The lowest BCUT2D eigenvalue weighted by molar-refractivity contribution is -0.130. The number of nitrogen functional groups attached to an aromatic ring is 1. The zero-order chi connectivity index (χ0) is 31.9. The molecule has 4 aromatic rings. The fraction of sp³-hybridized carbons (Fsp3) is 0.229. The third-order valence-corrected chi connectivity index (χ3v) is 8.20. The fourth-order valence-electron chi connectivity index (χ4n) is 4.57. The molecule has 0 bridgehead atoms. The molecular formula is C35H39N5O4S. The Hall–Kier alpha value is -4.64. The van der Waals surface area contributed by atoms with E-state index < -0.39 is 29.0 Å². The van der Waals surface area contributed by atoms with Crippen LogP contribution in [0.1, 0.15) is 34.2 Å². The van der Waals surface area contributed by atoms with Crippen LogP contribution in [-0.2, 0) is 50.6 Å². The van der Waals surface area contributed by atoms with Gasteiger partial charge in [-0.05, 0) is 35.1 Å². The van der Waals surface area contributed by atoms with E-state index in [1.807, 2.05) is 91.0 Å². The molecule has 0 radical (unpaired) electrons. The summed E-state index contributed by atoms with van der Waals surface area (Å²) in [4.78, 5) is 27.1. The minimum Gasteiger partial charge on any atom is -0.384 e. The molecule has 2 amide bonds. The van der Waals surface area contributed by atoms with Gasteiger partial charge in [0.2, 0.25) is 11.8 Å². The number of rotatable bonds is 17. The molecule has 4 aromatic carbocycles. The molecule has 0 aromatic heterocycles. The topological polar surface area (TPSA) is 146 Å². The molecule has 3 atom stereocenters. The summed E-state index contributed by atoms with van der Waals surface area (Å²) in [6.45, 7) is 0.465. The Labute approximate surface area is 266 Å². The van der Waals surface area contributed by atoms with Gasteiger partial charge in [0.15, 0.2) is 0 Å². The van der Waals surface area contributed by atoms with Gasteiger partial charge >= 0.3 is 0 Å². The van der Waals surface area contributed by atoms with Gasteiger partial charge in [-0.3, -0.25) is 15.0 Å². The van der Waals surface area contributed by atoms with Crippen molar-refractivity contribution >= 4 is 28.6 Å². The fourth-order valence-corrected chi connectivity index (χ4v) is 5.64. The summed E-state index contributed by atoms with van der Waals surface area (Å²) in [7, 11) is -1.58. The van der Waals surface area contributed by atoms with E-state index >= 15 is 0 Å². The molecule has 6 N–H and O–H groups in total. The van der Waals surface area contributed by atoms with E-state index in [0.717, 1.165) is 22.3 Å². The van der Waals surface area contributed by atoms with E-state index in [-0.39, 0.29) is 37.3 Å². The summed E-state index contributed by atoms with van der Waals surface area (Å²) >= 11 is 0. The highest BCUT2D eigenvalue weighted by molar-refractivity contribution is 7.82. The Bertz CT molecular complexity index is 1540. The summed E-state index contributed by atoms with van der Waals surface area (Å²) in [6, 6.07) is 33.9. The Morgan fingerprint density at radius 3 is 1.91 bits per heavy atom. The maximum Gasteiger partial charge on any atom is 0.242 e. The second kappa shape index (κ2) is 17.6. The number of carbonyl (C=O) groups is 2. The highest BCUT2D eigenvalue weighted by Crippen LogP contribution is 2.09. The van der Waals surface area contributed by atoms with Gasteiger partial charge in [0.05, 0.1) is 30.0 Å². The molecule has 0 aliphatic heterocycles. The first kappa shape index (κ1) is 33.3. The molecule has 0 fully saturated rings. The summed E-state index contributed by atoms with van der Waals surface area (Å²) in [5, 5.41) is 13.4. The molecule has 2 unspecified atom stereocenters. The molecule has 0 aliphatic rings. The summed E-state index contributed by atoms with van der Waals surface area (Å²) in [6.07, 6.45) is 0.921. The van der Waals surface area contributed by atoms with Gasteiger partial charge in [-0.1, -0.05) is 115 Å². The molecule has 234 valence electrons. The molecule has 0 saturated carbocycles. The van der Waals surface area contributed by atoms with E-state index in [4.69, 9.17) is 15.9 Å². The van der Waals surface area contributed by atoms with E-state index in [2.05, 4.69) is 15.4 Å². The molecular weight excluding hydrogens is 586 g/mol. The maximum atomic E-state index is 13.7. The predicted molar refractivity (Wildman–Crippen MR) is 177 cm³/mol. The van der Waals surface area contributed by atoms with Crippen molar-refractivity contribution < 1.29 is 18.5 Å². The lowest BCUT2D eigenvalue weighted by Crippen LogP contribution is -2.54. The number of nitrogens with two attached hydrogens (primary N) is 1. The number of amidine groups is 1. The Morgan fingerprint density at radius 2 is 1.31 bits per heavy atom. The van der Waals surface area contributed by atoms with Crippen molar-refractivity contribution in [3.63, 3.8) is 0 Å². The summed E-state index contributed by atoms with van der Waals surface area (Å²) in [5.41, 5.74) is 9.81. The molecule has 45 heavy (non-hydrogen) atoms. The van der Waals surface area contributed by atoms with Crippen molar-refractivity contribution in [1.29, 1.82) is 5.41 Å². The number of ether oxygens (including phenoxy) is 1. The van der Waals surface area contributed by atoms with Gasteiger partial charge in [0.25, 0.3) is 0 Å². The Morgan fingerprint density at radius 1 is 0.733 bits per heavy atom. The van der Waals surface area contributed by atoms with Crippen LogP contribution in [0.3, 0.4) is 0 Å². The third-order valence-electron chi connectivity index (χ3n) is 7.06. The lowest BCUT2D eigenvalue weighted by Gasteiger charge is -2.23. The predicted octanol–water partition coefficient (Wildman–Crippen LogP) is 3.74.